The molecule has 0 aliphatic carbocycles. The van der Waals surface area contributed by atoms with E-state index in [0.29, 0.717) is 27.6 Å². The topological polar surface area (TPSA) is 80.9 Å². The van der Waals surface area contributed by atoms with Gasteiger partial charge in [0.1, 0.15) is 15.5 Å². The van der Waals surface area contributed by atoms with Crippen molar-refractivity contribution in [2.75, 3.05) is 5.73 Å². The zero-order valence-electron chi connectivity index (χ0n) is 14.1. The van der Waals surface area contributed by atoms with Gasteiger partial charge in [-0.25, -0.2) is 9.37 Å². The number of nitrogens with one attached hydrogen (secondary N) is 1. The number of carbonyl (C=O) groups is 1. The van der Waals surface area contributed by atoms with Crippen molar-refractivity contribution in [3.63, 3.8) is 0 Å². The molecule has 3 heterocycles. The Hall–Kier alpha value is -3.32. The number of aromatic nitrogens is 2. The van der Waals surface area contributed by atoms with E-state index < -0.39 is 0 Å². The van der Waals surface area contributed by atoms with Gasteiger partial charge in [0.05, 0.1) is 11.4 Å². The second-order valence-electron chi connectivity index (χ2n) is 5.94. The van der Waals surface area contributed by atoms with E-state index in [1.54, 1.807) is 24.5 Å². The Bertz CT molecular complexity index is 1110. The minimum Gasteiger partial charge on any atom is -0.397 e. The first kappa shape index (κ1) is 17.1. The number of thiophene rings is 1. The molecule has 134 valence electrons. The summed E-state index contributed by atoms with van der Waals surface area (Å²) < 4.78 is 13.1. The maximum absolute atomic E-state index is 13.1. The van der Waals surface area contributed by atoms with Crippen LogP contribution in [0.1, 0.15) is 15.2 Å². The molecule has 0 aliphatic heterocycles. The summed E-state index contributed by atoms with van der Waals surface area (Å²) in [6.07, 6.45) is 3.38. The summed E-state index contributed by atoms with van der Waals surface area (Å²) in [6, 6.07) is 13.5. The fraction of sp³-hybridized carbons (Fsp3) is 0.0500. The molecule has 0 fully saturated rings. The molecular formula is C20H15FN4OS. The third-order valence-electron chi connectivity index (χ3n) is 4.12. The molecule has 1 aromatic carbocycles. The molecule has 3 N–H and O–H groups in total. The molecule has 4 aromatic rings. The highest BCUT2D eigenvalue weighted by Gasteiger charge is 2.17. The number of carbonyl (C=O) groups excluding carboxylic acids is 1. The maximum Gasteiger partial charge on any atom is 0.263 e. The van der Waals surface area contributed by atoms with Gasteiger partial charge in [0.15, 0.2) is 0 Å². The number of nitrogens with zero attached hydrogens (tertiary/aromatic N) is 2. The Morgan fingerprint density at radius 1 is 1.15 bits per heavy atom. The molecule has 0 aliphatic rings. The number of hydrogen-bond acceptors (Lipinski definition) is 5. The van der Waals surface area contributed by atoms with Crippen LogP contribution in [-0.4, -0.2) is 15.9 Å². The van der Waals surface area contributed by atoms with Gasteiger partial charge in [-0.2, -0.15) is 0 Å². The predicted molar refractivity (Wildman–Crippen MR) is 105 cm³/mol. The molecule has 7 heteroatoms. The fourth-order valence-electron chi connectivity index (χ4n) is 2.71. The van der Waals surface area contributed by atoms with Crippen LogP contribution in [0.5, 0.6) is 0 Å². The van der Waals surface area contributed by atoms with Crippen molar-refractivity contribution in [3.05, 3.63) is 77.2 Å². The molecule has 0 unspecified atom stereocenters. The summed E-state index contributed by atoms with van der Waals surface area (Å²) in [6.45, 7) is 0.370. The molecule has 0 bridgehead atoms. The molecule has 0 saturated carbocycles. The van der Waals surface area contributed by atoms with Crippen LogP contribution in [-0.2, 0) is 6.54 Å². The third kappa shape index (κ3) is 3.50. The maximum atomic E-state index is 13.1. The van der Waals surface area contributed by atoms with Crippen molar-refractivity contribution in [1.29, 1.82) is 0 Å². The lowest BCUT2D eigenvalue weighted by Crippen LogP contribution is -2.22. The average Bonchev–Trinajstić information content (AvgIpc) is 3.03. The van der Waals surface area contributed by atoms with Crippen molar-refractivity contribution < 1.29 is 9.18 Å². The van der Waals surface area contributed by atoms with E-state index in [4.69, 9.17) is 5.73 Å². The van der Waals surface area contributed by atoms with Crippen molar-refractivity contribution >= 4 is 33.1 Å². The van der Waals surface area contributed by atoms with Gasteiger partial charge in [0.2, 0.25) is 0 Å². The van der Waals surface area contributed by atoms with Crippen LogP contribution < -0.4 is 11.1 Å². The minimum atomic E-state index is -0.298. The number of pyridine rings is 2. The van der Waals surface area contributed by atoms with Crippen molar-refractivity contribution in [2.45, 2.75) is 6.54 Å². The normalized spacial score (nSPS) is 10.9. The van der Waals surface area contributed by atoms with Crippen LogP contribution in [0, 0.1) is 5.82 Å². The van der Waals surface area contributed by atoms with Crippen molar-refractivity contribution in [2.24, 2.45) is 0 Å². The van der Waals surface area contributed by atoms with Gasteiger partial charge in [-0.1, -0.05) is 6.07 Å². The highest BCUT2D eigenvalue weighted by atomic mass is 32.1. The van der Waals surface area contributed by atoms with E-state index in [-0.39, 0.29) is 11.7 Å². The van der Waals surface area contributed by atoms with E-state index >= 15 is 0 Å². The van der Waals surface area contributed by atoms with E-state index in [9.17, 15) is 9.18 Å². The van der Waals surface area contributed by atoms with Crippen LogP contribution in [0.15, 0.2) is 60.9 Å². The summed E-state index contributed by atoms with van der Waals surface area (Å²) in [5, 5.41) is 3.59. The summed E-state index contributed by atoms with van der Waals surface area (Å²) in [7, 11) is 0. The van der Waals surface area contributed by atoms with Gasteiger partial charge in [-0.3, -0.25) is 9.78 Å². The van der Waals surface area contributed by atoms with Crippen LogP contribution in [0.25, 0.3) is 21.5 Å². The number of hydrogen-bond donors (Lipinski definition) is 2. The van der Waals surface area contributed by atoms with Gasteiger partial charge >= 0.3 is 0 Å². The Morgan fingerprint density at radius 3 is 2.70 bits per heavy atom. The standard InChI is InChI=1S/C20H15FN4OS/c21-14-5-3-13(4-6-14)16-8-7-15-17(22)18(27-20(15)25-16)19(26)24-11-12-2-1-9-23-10-12/h1-10H,11,22H2,(H,24,26). The van der Waals surface area contributed by atoms with E-state index in [1.165, 1.54) is 23.5 Å². The summed E-state index contributed by atoms with van der Waals surface area (Å²) in [5.41, 5.74) is 8.98. The smallest absolute Gasteiger partial charge is 0.263 e. The second-order valence-corrected chi connectivity index (χ2v) is 6.94. The number of halogens is 1. The highest BCUT2D eigenvalue weighted by molar-refractivity contribution is 7.21. The largest absolute Gasteiger partial charge is 0.397 e. The Labute approximate surface area is 158 Å². The number of fused-ring (bicyclic) bond motifs is 1. The molecule has 0 radical (unpaired) electrons. The highest BCUT2D eigenvalue weighted by Crippen LogP contribution is 2.34. The molecule has 27 heavy (non-hydrogen) atoms. The quantitative estimate of drug-likeness (QED) is 0.562. The third-order valence-corrected chi connectivity index (χ3v) is 5.23. The first-order valence-corrected chi connectivity index (χ1v) is 9.05. The molecule has 0 atom stereocenters. The number of benzene rings is 1. The van der Waals surface area contributed by atoms with Gasteiger partial charge in [0, 0.05) is 29.9 Å². The van der Waals surface area contributed by atoms with Crippen LogP contribution in [0.4, 0.5) is 10.1 Å². The zero-order chi connectivity index (χ0) is 18.8. The molecule has 3 aromatic heterocycles. The van der Waals surface area contributed by atoms with Gasteiger partial charge in [-0.05, 0) is 48.0 Å². The van der Waals surface area contributed by atoms with Crippen molar-refractivity contribution in [1.82, 2.24) is 15.3 Å². The second kappa shape index (κ2) is 7.13. The van der Waals surface area contributed by atoms with E-state index in [0.717, 1.165) is 16.5 Å². The lowest BCUT2D eigenvalue weighted by atomic mass is 10.1. The number of nitrogen functional groups attached to an aromatic ring is 1. The SMILES string of the molecule is Nc1c(C(=O)NCc2cccnc2)sc2nc(-c3ccc(F)cc3)ccc12. The summed E-state index contributed by atoms with van der Waals surface area (Å²) >= 11 is 1.24. The molecular weight excluding hydrogens is 363 g/mol. The first-order valence-electron chi connectivity index (χ1n) is 8.24. The van der Waals surface area contributed by atoms with Gasteiger partial charge < -0.3 is 11.1 Å². The number of anilines is 1. The van der Waals surface area contributed by atoms with Crippen LogP contribution in [0.2, 0.25) is 0 Å². The van der Waals surface area contributed by atoms with Gasteiger partial charge in [0.25, 0.3) is 5.91 Å². The fourth-order valence-corrected chi connectivity index (χ4v) is 3.72. The van der Waals surface area contributed by atoms with Crippen molar-refractivity contribution in [3.8, 4) is 11.3 Å². The van der Waals surface area contributed by atoms with E-state index in [1.807, 2.05) is 24.3 Å². The Kier molecular flexibility index (Phi) is 4.52. The number of nitrogens with two attached hydrogens (primary N) is 1. The zero-order valence-corrected chi connectivity index (χ0v) is 15.0. The van der Waals surface area contributed by atoms with Gasteiger partial charge in [-0.15, -0.1) is 11.3 Å². The molecule has 0 saturated heterocycles. The summed E-state index contributed by atoms with van der Waals surface area (Å²) in [5.74, 6) is -0.546. The minimum absolute atomic E-state index is 0.248. The Morgan fingerprint density at radius 2 is 1.96 bits per heavy atom. The van der Waals surface area contributed by atoms with Crippen LogP contribution >= 0.6 is 11.3 Å². The number of amides is 1. The molecule has 0 spiro atoms. The monoisotopic (exact) mass is 378 g/mol. The molecule has 1 amide bonds. The summed E-state index contributed by atoms with van der Waals surface area (Å²) in [4.78, 5) is 22.2. The molecule has 4 rings (SSSR count). The predicted octanol–water partition coefficient (Wildman–Crippen LogP) is 4.01. The number of rotatable bonds is 4. The lowest BCUT2D eigenvalue weighted by Gasteiger charge is -2.04. The van der Waals surface area contributed by atoms with E-state index in [2.05, 4.69) is 15.3 Å². The first-order chi connectivity index (χ1) is 13.1. The Balaban J connectivity index is 1.61. The lowest BCUT2D eigenvalue weighted by molar-refractivity contribution is 0.0956. The van der Waals surface area contributed by atoms with Crippen LogP contribution in [0.3, 0.4) is 0 Å². The molecule has 5 nitrogen and oxygen atoms in total. The average molecular weight is 378 g/mol.